The van der Waals surface area contributed by atoms with Crippen molar-refractivity contribution in [3.05, 3.63) is 64.2 Å². The van der Waals surface area contributed by atoms with Crippen molar-refractivity contribution in [3.8, 4) is 5.69 Å². The van der Waals surface area contributed by atoms with Crippen molar-refractivity contribution in [2.75, 3.05) is 5.75 Å². The van der Waals surface area contributed by atoms with Crippen LogP contribution in [0, 0.1) is 13.8 Å². The number of aryl methyl sites for hydroxylation is 4. The summed E-state index contributed by atoms with van der Waals surface area (Å²) in [4.78, 5) is 12.6. The topological polar surface area (TPSA) is 72.7 Å². The number of nitrogens with zero attached hydrogens (tertiary/aromatic N) is 4. The molecule has 3 aromatic rings. The van der Waals surface area contributed by atoms with Gasteiger partial charge in [0.15, 0.2) is 0 Å². The van der Waals surface area contributed by atoms with Crippen LogP contribution in [-0.4, -0.2) is 31.9 Å². The first kappa shape index (κ1) is 20.6. The lowest BCUT2D eigenvalue weighted by Gasteiger charge is -2.20. The zero-order valence-electron chi connectivity index (χ0n) is 17.7. The van der Waals surface area contributed by atoms with E-state index in [1.54, 1.807) is 4.68 Å². The van der Waals surface area contributed by atoms with Gasteiger partial charge in [0.25, 0.3) is 0 Å². The molecular formula is C23H27N5OS. The van der Waals surface area contributed by atoms with Gasteiger partial charge in [0.2, 0.25) is 11.1 Å². The van der Waals surface area contributed by atoms with E-state index in [-0.39, 0.29) is 17.7 Å². The van der Waals surface area contributed by atoms with Gasteiger partial charge < -0.3 is 5.32 Å². The quantitative estimate of drug-likeness (QED) is 0.606. The molecule has 1 aliphatic carbocycles. The fraction of sp³-hybridized carbons (Fsp3) is 0.391. The summed E-state index contributed by atoms with van der Waals surface area (Å²) in [6.45, 7) is 6.10. The molecule has 1 N–H and O–H groups in total. The van der Waals surface area contributed by atoms with E-state index in [4.69, 9.17) is 0 Å². The Labute approximate surface area is 181 Å². The number of fused-ring (bicyclic) bond motifs is 1. The van der Waals surface area contributed by atoms with Crippen LogP contribution in [0.3, 0.4) is 0 Å². The summed E-state index contributed by atoms with van der Waals surface area (Å²) >= 11 is 1.35. The highest BCUT2D eigenvalue weighted by Gasteiger charge is 2.17. The van der Waals surface area contributed by atoms with Crippen LogP contribution in [0.15, 0.2) is 41.6 Å². The predicted octanol–water partition coefficient (Wildman–Crippen LogP) is 4.13. The van der Waals surface area contributed by atoms with Crippen LogP contribution in [0.25, 0.3) is 5.69 Å². The van der Waals surface area contributed by atoms with Gasteiger partial charge in [-0.3, -0.25) is 4.79 Å². The third-order valence-electron chi connectivity index (χ3n) is 5.67. The molecule has 2 aromatic carbocycles. The molecule has 30 heavy (non-hydrogen) atoms. The van der Waals surface area contributed by atoms with Gasteiger partial charge in [0, 0.05) is 0 Å². The molecule has 0 aliphatic heterocycles. The highest BCUT2D eigenvalue weighted by Crippen LogP contribution is 2.26. The van der Waals surface area contributed by atoms with E-state index in [1.165, 1.54) is 42.2 Å². The van der Waals surface area contributed by atoms with E-state index in [9.17, 15) is 4.79 Å². The van der Waals surface area contributed by atoms with Crippen molar-refractivity contribution in [3.63, 3.8) is 0 Å². The first-order valence-electron chi connectivity index (χ1n) is 10.4. The number of aromatic nitrogens is 4. The predicted molar refractivity (Wildman–Crippen MR) is 119 cm³/mol. The zero-order chi connectivity index (χ0) is 21.1. The molecule has 1 amide bonds. The summed E-state index contributed by atoms with van der Waals surface area (Å²) in [7, 11) is 0. The Morgan fingerprint density at radius 3 is 2.63 bits per heavy atom. The maximum atomic E-state index is 12.6. The van der Waals surface area contributed by atoms with Crippen molar-refractivity contribution in [1.82, 2.24) is 25.5 Å². The molecule has 7 heteroatoms. The van der Waals surface area contributed by atoms with Crippen LogP contribution >= 0.6 is 11.8 Å². The second kappa shape index (κ2) is 9.00. The SMILES string of the molecule is Cc1cccc(C)c1-n1nnnc1SCC(=O)N[C@H](C)c1ccc2c(c1)CCCC2. The normalized spacial score (nSPS) is 14.2. The molecular weight excluding hydrogens is 394 g/mol. The number of benzene rings is 2. The molecule has 156 valence electrons. The third-order valence-corrected chi connectivity index (χ3v) is 6.59. The van der Waals surface area contributed by atoms with Gasteiger partial charge in [0.05, 0.1) is 17.5 Å². The molecule has 0 radical (unpaired) electrons. The van der Waals surface area contributed by atoms with Gasteiger partial charge >= 0.3 is 0 Å². The lowest BCUT2D eigenvalue weighted by molar-refractivity contribution is -0.119. The standard InChI is InChI=1S/C23H27N5OS/c1-15-7-6-8-16(2)22(15)28-23(25-26-27-28)30-14-21(29)24-17(3)19-12-11-18-9-4-5-10-20(18)13-19/h6-8,11-13,17H,4-5,9-10,14H2,1-3H3,(H,24,29)/t17-/m1/s1. The Bertz CT molecular complexity index is 1040. The summed E-state index contributed by atoms with van der Waals surface area (Å²) in [5.41, 5.74) is 7.20. The minimum absolute atomic E-state index is 0.0266. The molecule has 0 fully saturated rings. The maximum Gasteiger partial charge on any atom is 0.230 e. The molecule has 0 saturated carbocycles. The number of thioether (sulfide) groups is 1. The summed E-state index contributed by atoms with van der Waals surface area (Å²) in [5, 5.41) is 15.8. The van der Waals surface area contributed by atoms with Crippen molar-refractivity contribution in [2.45, 2.75) is 57.7 Å². The van der Waals surface area contributed by atoms with Gasteiger partial charge in [-0.25, -0.2) is 0 Å². The van der Waals surface area contributed by atoms with Crippen molar-refractivity contribution >= 4 is 17.7 Å². The molecule has 6 nitrogen and oxygen atoms in total. The zero-order valence-corrected chi connectivity index (χ0v) is 18.5. The smallest absolute Gasteiger partial charge is 0.230 e. The minimum atomic E-state index is -0.0278. The van der Waals surface area contributed by atoms with Crippen LogP contribution in [0.2, 0.25) is 0 Å². The molecule has 1 aromatic heterocycles. The Kier molecular flexibility index (Phi) is 6.18. The van der Waals surface area contributed by atoms with E-state index < -0.39 is 0 Å². The fourth-order valence-electron chi connectivity index (χ4n) is 4.07. The van der Waals surface area contributed by atoms with Gasteiger partial charge in [-0.15, -0.1) is 5.10 Å². The lowest BCUT2D eigenvalue weighted by atomic mass is 9.89. The lowest BCUT2D eigenvalue weighted by Crippen LogP contribution is -2.28. The van der Waals surface area contributed by atoms with Gasteiger partial charge in [-0.2, -0.15) is 4.68 Å². The van der Waals surface area contributed by atoms with Crippen molar-refractivity contribution in [1.29, 1.82) is 0 Å². The van der Waals surface area contributed by atoms with Crippen LogP contribution in [0.1, 0.15) is 53.6 Å². The molecule has 4 rings (SSSR count). The van der Waals surface area contributed by atoms with E-state index >= 15 is 0 Å². The number of tetrazole rings is 1. The van der Waals surface area contributed by atoms with Crippen LogP contribution in [-0.2, 0) is 17.6 Å². The molecule has 0 unspecified atom stereocenters. The Morgan fingerprint density at radius 1 is 1.13 bits per heavy atom. The van der Waals surface area contributed by atoms with Crippen molar-refractivity contribution < 1.29 is 4.79 Å². The number of hydrogen-bond donors (Lipinski definition) is 1. The maximum absolute atomic E-state index is 12.6. The summed E-state index contributed by atoms with van der Waals surface area (Å²) in [5.74, 6) is 0.238. The number of carbonyl (C=O) groups is 1. The number of nitrogens with one attached hydrogen (secondary N) is 1. The molecule has 1 aliphatic rings. The van der Waals surface area contributed by atoms with Crippen LogP contribution in [0.5, 0.6) is 0 Å². The van der Waals surface area contributed by atoms with Gasteiger partial charge in [0.1, 0.15) is 0 Å². The second-order valence-corrected chi connectivity index (χ2v) is 8.87. The summed E-state index contributed by atoms with van der Waals surface area (Å²) < 4.78 is 1.72. The number of carbonyl (C=O) groups excluding carboxylic acids is 1. The molecule has 0 bridgehead atoms. The molecule has 0 spiro atoms. The Hall–Kier alpha value is -2.67. The largest absolute Gasteiger partial charge is 0.349 e. The minimum Gasteiger partial charge on any atom is -0.349 e. The first-order chi connectivity index (χ1) is 14.5. The number of hydrogen-bond acceptors (Lipinski definition) is 5. The highest BCUT2D eigenvalue weighted by molar-refractivity contribution is 7.99. The first-order valence-corrected chi connectivity index (χ1v) is 11.4. The van der Waals surface area contributed by atoms with Gasteiger partial charge in [-0.1, -0.05) is 48.2 Å². The molecule has 1 heterocycles. The second-order valence-electron chi connectivity index (χ2n) is 7.93. The summed E-state index contributed by atoms with van der Waals surface area (Å²) in [6.07, 6.45) is 4.84. The van der Waals surface area contributed by atoms with E-state index in [0.717, 1.165) is 28.8 Å². The average Bonchev–Trinajstić information content (AvgIpc) is 3.20. The number of para-hydroxylation sites is 1. The van der Waals surface area contributed by atoms with Gasteiger partial charge in [-0.05, 0) is 84.7 Å². The monoisotopic (exact) mass is 421 g/mol. The third kappa shape index (κ3) is 4.41. The highest BCUT2D eigenvalue weighted by atomic mass is 32.2. The van der Waals surface area contributed by atoms with E-state index in [2.05, 4.69) is 39.0 Å². The van der Waals surface area contributed by atoms with Crippen LogP contribution in [0.4, 0.5) is 0 Å². The van der Waals surface area contributed by atoms with Crippen molar-refractivity contribution in [2.24, 2.45) is 0 Å². The average molecular weight is 422 g/mol. The molecule has 0 saturated heterocycles. The fourth-order valence-corrected chi connectivity index (χ4v) is 4.76. The summed E-state index contributed by atoms with van der Waals surface area (Å²) in [6, 6.07) is 12.7. The van der Waals surface area contributed by atoms with E-state index in [0.29, 0.717) is 5.16 Å². The number of rotatable bonds is 6. The Balaban J connectivity index is 1.40. The van der Waals surface area contributed by atoms with E-state index in [1.807, 2.05) is 39.0 Å². The van der Waals surface area contributed by atoms with Crippen LogP contribution < -0.4 is 5.32 Å². The number of amides is 1. The molecule has 1 atom stereocenters. The Morgan fingerprint density at radius 2 is 1.87 bits per heavy atom.